The highest BCUT2D eigenvalue weighted by Gasteiger charge is 2.16. The zero-order valence-electron chi connectivity index (χ0n) is 12.1. The summed E-state index contributed by atoms with van der Waals surface area (Å²) in [6.45, 7) is 4.11. The van der Waals surface area contributed by atoms with E-state index in [0.29, 0.717) is 11.4 Å². The molecule has 0 atom stereocenters. The zero-order chi connectivity index (χ0) is 15.7. The second-order valence-corrected chi connectivity index (χ2v) is 6.02. The highest BCUT2D eigenvalue weighted by atomic mass is 32.1. The van der Waals surface area contributed by atoms with Crippen LogP contribution in [0.5, 0.6) is 5.88 Å². The number of nitro benzene ring substituents is 1. The van der Waals surface area contributed by atoms with Crippen LogP contribution in [0.2, 0.25) is 0 Å². The monoisotopic (exact) mass is 315 g/mol. The second-order valence-electron chi connectivity index (χ2n) is 4.82. The number of thiophene rings is 1. The van der Waals surface area contributed by atoms with E-state index in [0.717, 1.165) is 20.7 Å². The quantitative estimate of drug-likeness (QED) is 0.540. The number of fused-ring (bicyclic) bond motifs is 1. The minimum atomic E-state index is -0.408. The zero-order valence-corrected chi connectivity index (χ0v) is 12.9. The van der Waals surface area contributed by atoms with Crippen molar-refractivity contribution in [2.24, 2.45) is 0 Å². The predicted octanol–water partition coefficient (Wildman–Crippen LogP) is 3.80. The fourth-order valence-electron chi connectivity index (χ4n) is 2.22. The molecular formula is C15H13N3O3S. The van der Waals surface area contributed by atoms with Crippen molar-refractivity contribution in [3.8, 4) is 5.88 Å². The summed E-state index contributed by atoms with van der Waals surface area (Å²) in [6.07, 6.45) is 1.45. The number of para-hydroxylation sites is 1. The predicted molar refractivity (Wildman–Crippen MR) is 84.3 cm³/mol. The Balaban J connectivity index is 1.94. The first kappa shape index (κ1) is 14.4. The summed E-state index contributed by atoms with van der Waals surface area (Å²) in [5, 5.41) is 11.9. The Morgan fingerprint density at radius 3 is 2.82 bits per heavy atom. The van der Waals surface area contributed by atoms with E-state index in [9.17, 15) is 10.1 Å². The third-order valence-corrected chi connectivity index (χ3v) is 4.60. The fraction of sp³-hybridized carbons (Fsp3) is 0.200. The molecule has 7 heteroatoms. The van der Waals surface area contributed by atoms with Crippen molar-refractivity contribution in [3.63, 3.8) is 0 Å². The number of hydrogen-bond acceptors (Lipinski definition) is 6. The molecule has 2 heterocycles. The van der Waals surface area contributed by atoms with Crippen LogP contribution in [0.4, 0.5) is 5.69 Å². The minimum Gasteiger partial charge on any atom is -0.472 e. The van der Waals surface area contributed by atoms with E-state index in [1.165, 1.54) is 12.4 Å². The molecule has 3 rings (SSSR count). The molecule has 0 unspecified atom stereocenters. The Hall–Kier alpha value is -2.54. The Labute approximate surface area is 130 Å². The molecule has 0 radical (unpaired) electrons. The summed E-state index contributed by atoms with van der Waals surface area (Å²) in [6, 6.07) is 6.54. The second kappa shape index (κ2) is 5.69. The number of rotatable bonds is 4. The van der Waals surface area contributed by atoms with Crippen LogP contribution in [0.25, 0.3) is 10.2 Å². The van der Waals surface area contributed by atoms with Crippen molar-refractivity contribution < 1.29 is 9.66 Å². The van der Waals surface area contributed by atoms with Crippen LogP contribution < -0.4 is 4.74 Å². The summed E-state index contributed by atoms with van der Waals surface area (Å²) in [5.41, 5.74) is 1.65. The molecule has 2 aromatic heterocycles. The lowest BCUT2D eigenvalue weighted by atomic mass is 10.2. The first-order valence-electron chi connectivity index (χ1n) is 6.63. The van der Waals surface area contributed by atoms with E-state index in [1.807, 2.05) is 13.8 Å². The Bertz CT molecular complexity index is 860. The molecule has 1 aromatic carbocycles. The van der Waals surface area contributed by atoms with E-state index in [2.05, 4.69) is 9.97 Å². The van der Waals surface area contributed by atoms with Gasteiger partial charge in [-0.05, 0) is 25.5 Å². The smallest absolute Gasteiger partial charge is 0.276 e. The van der Waals surface area contributed by atoms with E-state index >= 15 is 0 Å². The van der Waals surface area contributed by atoms with Gasteiger partial charge >= 0.3 is 0 Å². The molecule has 0 N–H and O–H groups in total. The van der Waals surface area contributed by atoms with Gasteiger partial charge in [0.2, 0.25) is 5.88 Å². The lowest BCUT2D eigenvalue weighted by Crippen LogP contribution is -2.02. The Morgan fingerprint density at radius 1 is 1.27 bits per heavy atom. The van der Waals surface area contributed by atoms with Gasteiger partial charge in [-0.1, -0.05) is 12.1 Å². The maximum absolute atomic E-state index is 11.0. The Morgan fingerprint density at radius 2 is 2.05 bits per heavy atom. The number of aryl methyl sites for hydroxylation is 2. The van der Waals surface area contributed by atoms with E-state index < -0.39 is 4.92 Å². The average molecular weight is 315 g/mol. The number of ether oxygens (including phenoxy) is 1. The molecule has 112 valence electrons. The van der Waals surface area contributed by atoms with Gasteiger partial charge in [0.15, 0.2) is 0 Å². The molecule has 0 aliphatic heterocycles. The highest BCUT2D eigenvalue weighted by molar-refractivity contribution is 7.18. The molecule has 6 nitrogen and oxygen atoms in total. The van der Waals surface area contributed by atoms with Crippen molar-refractivity contribution in [3.05, 3.63) is 56.7 Å². The SMILES string of the molecule is Cc1sc2ncnc(OCc3ccccc3[N+](=O)[O-])c2c1C. The van der Waals surface area contributed by atoms with Gasteiger partial charge in [0, 0.05) is 10.9 Å². The van der Waals surface area contributed by atoms with Gasteiger partial charge in [0.25, 0.3) is 5.69 Å². The van der Waals surface area contributed by atoms with Gasteiger partial charge in [0.1, 0.15) is 17.8 Å². The van der Waals surface area contributed by atoms with Crippen molar-refractivity contribution >= 4 is 27.2 Å². The van der Waals surface area contributed by atoms with E-state index in [-0.39, 0.29) is 12.3 Å². The van der Waals surface area contributed by atoms with Gasteiger partial charge in [-0.3, -0.25) is 10.1 Å². The van der Waals surface area contributed by atoms with Crippen LogP contribution in [-0.2, 0) is 6.61 Å². The van der Waals surface area contributed by atoms with Crippen LogP contribution >= 0.6 is 11.3 Å². The van der Waals surface area contributed by atoms with Gasteiger partial charge in [0.05, 0.1) is 15.9 Å². The van der Waals surface area contributed by atoms with Gasteiger partial charge in [-0.15, -0.1) is 11.3 Å². The Kier molecular flexibility index (Phi) is 3.72. The van der Waals surface area contributed by atoms with Crippen LogP contribution in [-0.4, -0.2) is 14.9 Å². The largest absolute Gasteiger partial charge is 0.472 e. The van der Waals surface area contributed by atoms with Crippen LogP contribution in [0, 0.1) is 24.0 Å². The third kappa shape index (κ3) is 2.50. The number of aromatic nitrogens is 2. The average Bonchev–Trinajstić information content (AvgIpc) is 2.81. The standard InChI is InChI=1S/C15H13N3O3S/c1-9-10(2)22-15-13(9)14(16-8-17-15)21-7-11-5-3-4-6-12(11)18(19)20/h3-6,8H,7H2,1-2H3. The lowest BCUT2D eigenvalue weighted by molar-refractivity contribution is -0.385. The lowest BCUT2D eigenvalue weighted by Gasteiger charge is -2.07. The molecule has 0 bridgehead atoms. The molecule has 0 aliphatic rings. The topological polar surface area (TPSA) is 78.2 Å². The van der Waals surface area contributed by atoms with Crippen LogP contribution in [0.1, 0.15) is 16.0 Å². The van der Waals surface area contributed by atoms with Crippen molar-refractivity contribution in [1.29, 1.82) is 0 Å². The maximum Gasteiger partial charge on any atom is 0.276 e. The van der Waals surface area contributed by atoms with Gasteiger partial charge < -0.3 is 4.74 Å². The number of benzene rings is 1. The molecule has 0 fully saturated rings. The number of nitro groups is 1. The van der Waals surface area contributed by atoms with Crippen molar-refractivity contribution in [2.75, 3.05) is 0 Å². The van der Waals surface area contributed by atoms with Crippen molar-refractivity contribution in [1.82, 2.24) is 9.97 Å². The van der Waals surface area contributed by atoms with Gasteiger partial charge in [-0.2, -0.15) is 0 Å². The van der Waals surface area contributed by atoms with E-state index in [1.54, 1.807) is 29.5 Å². The molecule has 22 heavy (non-hydrogen) atoms. The molecule has 0 saturated heterocycles. The maximum atomic E-state index is 11.0. The number of hydrogen-bond donors (Lipinski definition) is 0. The summed E-state index contributed by atoms with van der Waals surface area (Å²) in [5.74, 6) is 0.463. The highest BCUT2D eigenvalue weighted by Crippen LogP contribution is 2.34. The molecular weight excluding hydrogens is 302 g/mol. The first-order chi connectivity index (χ1) is 10.6. The first-order valence-corrected chi connectivity index (χ1v) is 7.45. The molecule has 0 saturated carbocycles. The van der Waals surface area contributed by atoms with Crippen LogP contribution in [0.15, 0.2) is 30.6 Å². The van der Waals surface area contributed by atoms with Crippen LogP contribution in [0.3, 0.4) is 0 Å². The molecule has 0 aliphatic carbocycles. The van der Waals surface area contributed by atoms with Gasteiger partial charge in [-0.25, -0.2) is 9.97 Å². The van der Waals surface area contributed by atoms with E-state index in [4.69, 9.17) is 4.74 Å². The third-order valence-electron chi connectivity index (χ3n) is 3.48. The summed E-state index contributed by atoms with van der Waals surface area (Å²) >= 11 is 1.58. The summed E-state index contributed by atoms with van der Waals surface area (Å²) < 4.78 is 5.74. The molecule has 3 aromatic rings. The fourth-order valence-corrected chi connectivity index (χ4v) is 3.20. The number of nitrogens with zero attached hydrogens (tertiary/aromatic N) is 3. The normalized spacial score (nSPS) is 10.8. The summed E-state index contributed by atoms with van der Waals surface area (Å²) in [7, 11) is 0. The minimum absolute atomic E-state index is 0.0472. The summed E-state index contributed by atoms with van der Waals surface area (Å²) in [4.78, 5) is 21.1. The molecule has 0 amide bonds. The molecule has 0 spiro atoms. The van der Waals surface area contributed by atoms with Crippen molar-refractivity contribution in [2.45, 2.75) is 20.5 Å².